The van der Waals surface area contributed by atoms with Crippen molar-refractivity contribution in [3.05, 3.63) is 95.4 Å². The van der Waals surface area contributed by atoms with Crippen molar-refractivity contribution in [2.45, 2.75) is 26.2 Å². The zero-order valence-corrected chi connectivity index (χ0v) is 14.7. The number of nitrogens with one attached hydrogen (secondary N) is 2. The van der Waals surface area contributed by atoms with Crippen molar-refractivity contribution in [3.63, 3.8) is 0 Å². The molecule has 3 aromatic rings. The van der Waals surface area contributed by atoms with Crippen LogP contribution in [0.15, 0.2) is 77.2 Å². The van der Waals surface area contributed by atoms with E-state index in [-0.39, 0.29) is 0 Å². The number of aryl methyl sites for hydroxylation is 1. The maximum absolute atomic E-state index is 6.06. The molecule has 0 amide bonds. The van der Waals surface area contributed by atoms with Crippen LogP contribution in [0.1, 0.15) is 28.8 Å². The first kappa shape index (κ1) is 16.1. The van der Waals surface area contributed by atoms with Crippen molar-refractivity contribution < 1.29 is 14.2 Å². The highest BCUT2D eigenvalue weighted by molar-refractivity contribution is 5.14. The molecule has 1 saturated heterocycles. The molecule has 2 heterocycles. The van der Waals surface area contributed by atoms with Crippen LogP contribution in [-0.4, -0.2) is 13.1 Å². The van der Waals surface area contributed by atoms with Gasteiger partial charge in [0.05, 0.1) is 0 Å². The standard InChI is InChI=1S/C22H24N2O/c1-18-12-13-21(25-18)22-23(16-19-8-4-2-5-9-19)14-15-24(22)17-20-10-6-3-7-11-20/h2-13,22H,14-17H2,1H3/p+2. The summed E-state index contributed by atoms with van der Waals surface area (Å²) < 4.78 is 6.06. The second kappa shape index (κ2) is 7.26. The summed E-state index contributed by atoms with van der Waals surface area (Å²) in [5.74, 6) is 2.12. The molecule has 2 unspecified atom stereocenters. The van der Waals surface area contributed by atoms with E-state index in [4.69, 9.17) is 4.42 Å². The normalized spacial score (nSPS) is 23.0. The molecule has 3 nitrogen and oxygen atoms in total. The van der Waals surface area contributed by atoms with Crippen molar-refractivity contribution in [2.24, 2.45) is 0 Å². The third-order valence-electron chi connectivity index (χ3n) is 5.18. The first-order valence-corrected chi connectivity index (χ1v) is 9.13. The molecule has 25 heavy (non-hydrogen) atoms. The Labute approximate surface area is 149 Å². The fourth-order valence-electron chi connectivity index (χ4n) is 4.01. The summed E-state index contributed by atoms with van der Waals surface area (Å²) in [5.41, 5.74) is 2.79. The summed E-state index contributed by atoms with van der Waals surface area (Å²) in [5, 5.41) is 0. The monoisotopic (exact) mass is 334 g/mol. The Balaban J connectivity index is 1.58. The van der Waals surface area contributed by atoms with Crippen molar-refractivity contribution in [1.29, 1.82) is 0 Å². The first-order valence-electron chi connectivity index (χ1n) is 9.13. The molecule has 0 bridgehead atoms. The Bertz CT molecular complexity index is 748. The molecule has 0 radical (unpaired) electrons. The molecule has 2 atom stereocenters. The van der Waals surface area contributed by atoms with E-state index < -0.39 is 0 Å². The van der Waals surface area contributed by atoms with E-state index in [0.717, 1.165) is 24.6 Å². The van der Waals surface area contributed by atoms with Gasteiger partial charge in [-0.25, -0.2) is 0 Å². The molecule has 0 saturated carbocycles. The molecular formula is C22H26N2O+2. The summed E-state index contributed by atoms with van der Waals surface area (Å²) in [6.45, 7) is 6.46. The smallest absolute Gasteiger partial charge is 0.273 e. The van der Waals surface area contributed by atoms with E-state index in [1.807, 2.05) is 6.92 Å². The molecule has 1 aromatic heterocycles. The van der Waals surface area contributed by atoms with Gasteiger partial charge in [0.25, 0.3) is 6.17 Å². The summed E-state index contributed by atoms with van der Waals surface area (Å²) in [4.78, 5) is 3.18. The predicted octanol–water partition coefficient (Wildman–Crippen LogP) is 1.77. The van der Waals surface area contributed by atoms with Crippen LogP contribution in [0.3, 0.4) is 0 Å². The zero-order chi connectivity index (χ0) is 17.1. The van der Waals surface area contributed by atoms with E-state index in [1.54, 1.807) is 9.80 Å². The van der Waals surface area contributed by atoms with Gasteiger partial charge in [-0.1, -0.05) is 60.7 Å². The summed E-state index contributed by atoms with van der Waals surface area (Å²) in [6.07, 6.45) is 0.356. The molecule has 4 rings (SSSR count). The van der Waals surface area contributed by atoms with Crippen molar-refractivity contribution in [1.82, 2.24) is 0 Å². The molecule has 0 aliphatic carbocycles. The Hall–Kier alpha value is -2.36. The maximum Gasteiger partial charge on any atom is 0.273 e. The highest BCUT2D eigenvalue weighted by atomic mass is 16.3. The predicted molar refractivity (Wildman–Crippen MR) is 98.1 cm³/mol. The maximum atomic E-state index is 6.06. The molecule has 2 N–H and O–H groups in total. The third-order valence-corrected chi connectivity index (χ3v) is 5.18. The lowest BCUT2D eigenvalue weighted by atomic mass is 10.2. The van der Waals surface area contributed by atoms with Gasteiger partial charge >= 0.3 is 0 Å². The number of furan rings is 1. The molecular weight excluding hydrogens is 308 g/mol. The summed E-state index contributed by atoms with van der Waals surface area (Å²) in [7, 11) is 0. The fourth-order valence-corrected chi connectivity index (χ4v) is 4.01. The molecule has 2 aromatic carbocycles. The van der Waals surface area contributed by atoms with Crippen molar-refractivity contribution in [3.8, 4) is 0 Å². The summed E-state index contributed by atoms with van der Waals surface area (Å²) >= 11 is 0. The number of quaternary nitrogens is 2. The number of rotatable bonds is 5. The molecule has 0 spiro atoms. The molecule has 1 aliphatic heterocycles. The number of hydrogen-bond donors (Lipinski definition) is 2. The molecule has 1 aliphatic rings. The quantitative estimate of drug-likeness (QED) is 0.729. The van der Waals surface area contributed by atoms with E-state index in [9.17, 15) is 0 Å². The largest absolute Gasteiger partial charge is 0.454 e. The highest BCUT2D eigenvalue weighted by Crippen LogP contribution is 2.12. The minimum Gasteiger partial charge on any atom is -0.454 e. The van der Waals surface area contributed by atoms with Crippen LogP contribution in [0.5, 0.6) is 0 Å². The van der Waals surface area contributed by atoms with Gasteiger partial charge in [0.1, 0.15) is 31.9 Å². The van der Waals surface area contributed by atoms with E-state index in [0.29, 0.717) is 6.17 Å². The van der Waals surface area contributed by atoms with Gasteiger partial charge in [-0.15, -0.1) is 0 Å². The van der Waals surface area contributed by atoms with Gasteiger partial charge in [0.15, 0.2) is 0 Å². The SMILES string of the molecule is Cc1ccc(C2[NH+](Cc3ccccc3)CC[NH+]2Cc2ccccc2)o1. The number of benzene rings is 2. The third kappa shape index (κ3) is 3.68. The van der Waals surface area contributed by atoms with Gasteiger partial charge < -0.3 is 4.42 Å². The molecule has 128 valence electrons. The highest BCUT2D eigenvalue weighted by Gasteiger charge is 2.42. The Morgan fingerprint density at radius 3 is 1.72 bits per heavy atom. The molecule has 3 heteroatoms. The Morgan fingerprint density at radius 2 is 1.28 bits per heavy atom. The zero-order valence-electron chi connectivity index (χ0n) is 14.7. The topological polar surface area (TPSA) is 22.0 Å². The lowest BCUT2D eigenvalue weighted by Gasteiger charge is -2.22. The van der Waals surface area contributed by atoms with Crippen LogP contribution in [0.2, 0.25) is 0 Å². The second-order valence-electron chi connectivity index (χ2n) is 7.02. The van der Waals surface area contributed by atoms with E-state index in [1.165, 1.54) is 24.2 Å². The van der Waals surface area contributed by atoms with Gasteiger partial charge in [-0.2, -0.15) is 0 Å². The van der Waals surface area contributed by atoms with Crippen LogP contribution < -0.4 is 9.80 Å². The van der Waals surface area contributed by atoms with Gasteiger partial charge in [0.2, 0.25) is 5.76 Å². The minimum absolute atomic E-state index is 0.356. The van der Waals surface area contributed by atoms with Gasteiger partial charge in [-0.05, 0) is 19.1 Å². The van der Waals surface area contributed by atoms with Crippen LogP contribution in [0.4, 0.5) is 0 Å². The van der Waals surface area contributed by atoms with Crippen molar-refractivity contribution in [2.75, 3.05) is 13.1 Å². The first-order chi connectivity index (χ1) is 12.3. The fraction of sp³-hybridized carbons (Fsp3) is 0.273. The van der Waals surface area contributed by atoms with Gasteiger partial charge in [0, 0.05) is 11.1 Å². The lowest BCUT2D eigenvalue weighted by molar-refractivity contribution is -1.09. The second-order valence-corrected chi connectivity index (χ2v) is 7.02. The van der Waals surface area contributed by atoms with Crippen LogP contribution in [-0.2, 0) is 13.1 Å². The van der Waals surface area contributed by atoms with Gasteiger partial charge in [-0.3, -0.25) is 9.80 Å². The van der Waals surface area contributed by atoms with Crippen LogP contribution >= 0.6 is 0 Å². The average Bonchev–Trinajstić information content (AvgIpc) is 3.23. The van der Waals surface area contributed by atoms with Crippen molar-refractivity contribution >= 4 is 0 Å². The number of hydrogen-bond acceptors (Lipinski definition) is 1. The lowest BCUT2D eigenvalue weighted by Crippen LogP contribution is -3.22. The molecule has 1 fully saturated rings. The van der Waals surface area contributed by atoms with Crippen LogP contribution in [0, 0.1) is 6.92 Å². The van der Waals surface area contributed by atoms with E-state index >= 15 is 0 Å². The van der Waals surface area contributed by atoms with E-state index in [2.05, 4.69) is 72.8 Å². The van der Waals surface area contributed by atoms with Crippen LogP contribution in [0.25, 0.3) is 0 Å². The Kier molecular flexibility index (Phi) is 4.68. The average molecular weight is 334 g/mol. The minimum atomic E-state index is 0.356. The summed E-state index contributed by atoms with van der Waals surface area (Å²) in [6, 6.07) is 25.9. The Morgan fingerprint density at radius 1 is 0.760 bits per heavy atom.